The molecule has 0 heterocycles. The molecular formula is C15H15FOS. The van der Waals surface area contributed by atoms with Gasteiger partial charge in [-0.2, -0.15) is 0 Å². The summed E-state index contributed by atoms with van der Waals surface area (Å²) in [5.74, 6) is -0.292. The highest BCUT2D eigenvalue weighted by molar-refractivity contribution is 7.99. The quantitative estimate of drug-likeness (QED) is 0.888. The van der Waals surface area contributed by atoms with E-state index >= 15 is 0 Å². The molecule has 0 radical (unpaired) electrons. The van der Waals surface area contributed by atoms with Crippen LogP contribution in [0, 0.1) is 12.7 Å². The number of hydrogen-bond acceptors (Lipinski definition) is 2. The number of hydrogen-bond donors (Lipinski definition) is 1. The molecule has 0 aliphatic heterocycles. The highest BCUT2D eigenvalue weighted by Gasteiger charge is 2.13. The Labute approximate surface area is 111 Å². The van der Waals surface area contributed by atoms with Gasteiger partial charge < -0.3 is 5.11 Å². The molecule has 3 heteroatoms. The molecule has 94 valence electrons. The maximum atomic E-state index is 13.9. The molecule has 2 aromatic rings. The van der Waals surface area contributed by atoms with Crippen molar-refractivity contribution in [3.05, 3.63) is 59.4 Å². The number of rotatable bonds is 3. The van der Waals surface area contributed by atoms with Gasteiger partial charge in [-0.3, -0.25) is 0 Å². The lowest BCUT2D eigenvalue weighted by Gasteiger charge is -2.12. The molecule has 0 bridgehead atoms. The lowest BCUT2D eigenvalue weighted by Crippen LogP contribution is -1.96. The van der Waals surface area contributed by atoms with Crippen LogP contribution >= 0.6 is 11.8 Å². The minimum atomic E-state index is -0.673. The van der Waals surface area contributed by atoms with E-state index < -0.39 is 6.10 Å². The zero-order valence-corrected chi connectivity index (χ0v) is 11.2. The van der Waals surface area contributed by atoms with E-state index in [1.165, 1.54) is 17.8 Å². The first-order valence-corrected chi connectivity index (χ1v) is 6.60. The highest BCUT2D eigenvalue weighted by Crippen LogP contribution is 2.35. The fraction of sp³-hybridized carbons (Fsp3) is 0.200. The SMILES string of the molecule is Cc1cccc(Sc2c(F)cccc2[C@@H](C)O)c1. The summed E-state index contributed by atoms with van der Waals surface area (Å²) in [6.07, 6.45) is -0.673. The van der Waals surface area contributed by atoms with Gasteiger partial charge in [-0.25, -0.2) is 4.39 Å². The molecular weight excluding hydrogens is 247 g/mol. The summed E-state index contributed by atoms with van der Waals surface area (Å²) in [5, 5.41) is 9.68. The van der Waals surface area contributed by atoms with E-state index in [4.69, 9.17) is 0 Å². The fourth-order valence-corrected chi connectivity index (χ4v) is 2.91. The standard InChI is InChI=1S/C15H15FOS/c1-10-5-3-6-12(9-10)18-15-13(11(2)17)7-4-8-14(15)16/h3-9,11,17H,1-2H3/t11-/m1/s1. The van der Waals surface area contributed by atoms with E-state index in [0.29, 0.717) is 10.5 Å². The van der Waals surface area contributed by atoms with Gasteiger partial charge in [0, 0.05) is 4.90 Å². The summed E-state index contributed by atoms with van der Waals surface area (Å²) in [7, 11) is 0. The maximum Gasteiger partial charge on any atom is 0.137 e. The molecule has 0 amide bonds. The molecule has 0 fully saturated rings. The fourth-order valence-electron chi connectivity index (χ4n) is 1.76. The predicted octanol–water partition coefficient (Wildman–Crippen LogP) is 4.34. The third-order valence-corrected chi connectivity index (χ3v) is 3.78. The van der Waals surface area contributed by atoms with Gasteiger partial charge in [0.05, 0.1) is 11.0 Å². The number of aliphatic hydroxyl groups is 1. The Balaban J connectivity index is 2.39. The van der Waals surface area contributed by atoms with Crippen LogP contribution < -0.4 is 0 Å². The number of aliphatic hydroxyl groups excluding tert-OH is 1. The Morgan fingerprint density at radius 3 is 2.56 bits per heavy atom. The molecule has 1 nitrogen and oxygen atoms in total. The molecule has 1 atom stereocenters. The molecule has 0 unspecified atom stereocenters. The zero-order valence-electron chi connectivity index (χ0n) is 10.4. The van der Waals surface area contributed by atoms with Crippen molar-refractivity contribution in [3.63, 3.8) is 0 Å². The first-order chi connectivity index (χ1) is 8.58. The third-order valence-electron chi connectivity index (χ3n) is 2.66. The molecule has 0 spiro atoms. The van der Waals surface area contributed by atoms with Crippen molar-refractivity contribution >= 4 is 11.8 Å². The maximum absolute atomic E-state index is 13.9. The number of aryl methyl sites for hydroxylation is 1. The molecule has 0 aromatic heterocycles. The average molecular weight is 262 g/mol. The predicted molar refractivity (Wildman–Crippen MR) is 72.3 cm³/mol. The van der Waals surface area contributed by atoms with Crippen LogP contribution in [-0.4, -0.2) is 5.11 Å². The molecule has 0 saturated heterocycles. The van der Waals surface area contributed by atoms with E-state index in [-0.39, 0.29) is 5.82 Å². The van der Waals surface area contributed by atoms with Crippen LogP contribution in [0.15, 0.2) is 52.3 Å². The Hall–Kier alpha value is -1.32. The minimum Gasteiger partial charge on any atom is -0.389 e. The Morgan fingerprint density at radius 2 is 1.89 bits per heavy atom. The third kappa shape index (κ3) is 2.92. The summed E-state index contributed by atoms with van der Waals surface area (Å²) >= 11 is 1.35. The monoisotopic (exact) mass is 262 g/mol. The van der Waals surface area contributed by atoms with Crippen LogP contribution in [0.25, 0.3) is 0 Å². The molecule has 0 aliphatic carbocycles. The Kier molecular flexibility index (Phi) is 4.04. The van der Waals surface area contributed by atoms with Crippen LogP contribution in [0.2, 0.25) is 0 Å². The lowest BCUT2D eigenvalue weighted by atomic mass is 10.1. The smallest absolute Gasteiger partial charge is 0.137 e. The van der Waals surface area contributed by atoms with Gasteiger partial charge in [0.1, 0.15) is 5.82 Å². The second-order valence-electron chi connectivity index (χ2n) is 4.25. The number of benzene rings is 2. The van der Waals surface area contributed by atoms with Gasteiger partial charge >= 0.3 is 0 Å². The summed E-state index contributed by atoms with van der Waals surface area (Å²) in [6.45, 7) is 3.65. The van der Waals surface area contributed by atoms with Crippen LogP contribution in [0.3, 0.4) is 0 Å². The van der Waals surface area contributed by atoms with Crippen LogP contribution in [0.1, 0.15) is 24.2 Å². The van der Waals surface area contributed by atoms with Crippen molar-refractivity contribution < 1.29 is 9.50 Å². The van der Waals surface area contributed by atoms with E-state index in [1.807, 2.05) is 31.2 Å². The highest BCUT2D eigenvalue weighted by atomic mass is 32.2. The summed E-state index contributed by atoms with van der Waals surface area (Å²) in [4.78, 5) is 1.47. The van der Waals surface area contributed by atoms with Crippen LogP contribution in [0.4, 0.5) is 4.39 Å². The van der Waals surface area contributed by atoms with Crippen molar-refractivity contribution in [1.29, 1.82) is 0 Å². The Bertz CT molecular complexity index is 552. The van der Waals surface area contributed by atoms with E-state index in [0.717, 1.165) is 10.5 Å². The first-order valence-electron chi connectivity index (χ1n) is 5.79. The minimum absolute atomic E-state index is 0.292. The van der Waals surface area contributed by atoms with E-state index in [2.05, 4.69) is 0 Å². The van der Waals surface area contributed by atoms with E-state index in [1.54, 1.807) is 19.1 Å². The van der Waals surface area contributed by atoms with Gasteiger partial charge in [-0.05, 0) is 37.6 Å². The molecule has 1 N–H and O–H groups in total. The zero-order chi connectivity index (χ0) is 13.1. The van der Waals surface area contributed by atoms with Crippen molar-refractivity contribution in [2.45, 2.75) is 29.7 Å². The van der Waals surface area contributed by atoms with Gasteiger partial charge in [0.25, 0.3) is 0 Å². The van der Waals surface area contributed by atoms with Gasteiger partial charge in [0.2, 0.25) is 0 Å². The van der Waals surface area contributed by atoms with Crippen LogP contribution in [0.5, 0.6) is 0 Å². The second-order valence-corrected chi connectivity index (χ2v) is 5.34. The van der Waals surface area contributed by atoms with Gasteiger partial charge in [0.15, 0.2) is 0 Å². The summed E-state index contributed by atoms with van der Waals surface area (Å²) in [5.41, 5.74) is 1.76. The van der Waals surface area contributed by atoms with Crippen molar-refractivity contribution in [2.24, 2.45) is 0 Å². The van der Waals surface area contributed by atoms with Crippen molar-refractivity contribution in [1.82, 2.24) is 0 Å². The molecule has 2 rings (SSSR count). The molecule has 0 aliphatic rings. The van der Waals surface area contributed by atoms with Crippen molar-refractivity contribution in [2.75, 3.05) is 0 Å². The summed E-state index contributed by atoms with van der Waals surface area (Å²) in [6, 6.07) is 12.7. The van der Waals surface area contributed by atoms with Crippen molar-refractivity contribution in [3.8, 4) is 0 Å². The average Bonchev–Trinajstić information content (AvgIpc) is 2.31. The Morgan fingerprint density at radius 1 is 1.17 bits per heavy atom. The topological polar surface area (TPSA) is 20.2 Å². The van der Waals surface area contributed by atoms with Crippen LogP contribution in [-0.2, 0) is 0 Å². The first kappa shape index (κ1) is 13.1. The largest absolute Gasteiger partial charge is 0.389 e. The lowest BCUT2D eigenvalue weighted by molar-refractivity contribution is 0.195. The molecule has 0 saturated carbocycles. The second kappa shape index (κ2) is 5.55. The summed E-state index contributed by atoms with van der Waals surface area (Å²) < 4.78 is 13.9. The van der Waals surface area contributed by atoms with Gasteiger partial charge in [-0.1, -0.05) is 41.6 Å². The number of halogens is 1. The normalized spacial score (nSPS) is 12.4. The van der Waals surface area contributed by atoms with Gasteiger partial charge in [-0.15, -0.1) is 0 Å². The molecule has 2 aromatic carbocycles. The molecule has 18 heavy (non-hydrogen) atoms. The van der Waals surface area contributed by atoms with E-state index in [9.17, 15) is 9.50 Å².